The fraction of sp³-hybridized carbons (Fsp3) is 0.720. The van der Waals surface area contributed by atoms with Crippen LogP contribution in [0.25, 0.3) is 0 Å². The van der Waals surface area contributed by atoms with Crippen molar-refractivity contribution in [3.63, 3.8) is 0 Å². The third-order valence-corrected chi connectivity index (χ3v) is 12.3. The van der Waals surface area contributed by atoms with Crippen molar-refractivity contribution in [2.24, 2.45) is 0 Å². The molecule has 0 aliphatic heterocycles. The minimum Gasteiger partial charge on any atom is -0.507 e. The predicted molar refractivity (Wildman–Crippen MR) is 235 cm³/mol. The van der Waals surface area contributed by atoms with E-state index >= 15 is 0 Å². The zero-order valence-electron chi connectivity index (χ0n) is 36.8. The molecule has 56 heavy (non-hydrogen) atoms. The smallest absolute Gasteiger partial charge is 0.201 e. The molecule has 0 bridgehead atoms. The zero-order chi connectivity index (χ0) is 40.4. The largest absolute Gasteiger partial charge is 0.507 e. The Morgan fingerprint density at radius 3 is 1.27 bits per heavy atom. The van der Waals surface area contributed by atoms with Crippen LogP contribution in [0.3, 0.4) is 0 Å². The van der Waals surface area contributed by atoms with Gasteiger partial charge in [-0.05, 0) is 43.9 Å². The SMILES string of the molecule is CCCCCCCCCCCCCCCC[N+](C)(CCCCCCCCCCCCCCCC)Cc1cc(O)c2c(c1)C(=O)c1cc(OC)cc(OC)c1C2=O. The molecule has 2 aromatic carbocycles. The second-order valence-electron chi connectivity index (χ2n) is 17.4. The maximum absolute atomic E-state index is 13.9. The summed E-state index contributed by atoms with van der Waals surface area (Å²) in [5.74, 6) is -0.0650. The van der Waals surface area contributed by atoms with E-state index in [2.05, 4.69) is 20.9 Å². The van der Waals surface area contributed by atoms with E-state index < -0.39 is 0 Å². The van der Waals surface area contributed by atoms with E-state index in [9.17, 15) is 14.7 Å². The fourth-order valence-corrected chi connectivity index (χ4v) is 8.83. The summed E-state index contributed by atoms with van der Waals surface area (Å²) in [6.45, 7) is 7.42. The number of quaternary nitrogens is 1. The maximum Gasteiger partial charge on any atom is 0.201 e. The average Bonchev–Trinajstić information content (AvgIpc) is 3.19. The van der Waals surface area contributed by atoms with Crippen molar-refractivity contribution in [2.45, 2.75) is 200 Å². The standard InChI is InChI=1S/C50H81NO5/c1-6-8-10-12-14-16-18-20-22-24-26-28-30-32-34-51(3,35-33-31-29-27-25-23-21-19-17-15-13-11-9-7-2)40-41-36-43-47(45(52)37-41)50(54)48-44(49(43)53)38-42(55-4)39-46(48)56-5/h36-39H,6-35,40H2,1-5H3/p+1. The Balaban J connectivity index is 1.54. The molecule has 1 N–H and O–H groups in total. The van der Waals surface area contributed by atoms with Crippen molar-refractivity contribution < 1.29 is 28.7 Å². The van der Waals surface area contributed by atoms with Crippen LogP contribution in [0.2, 0.25) is 0 Å². The molecular formula is C50H82NO5+. The second kappa shape index (κ2) is 27.7. The highest BCUT2D eigenvalue weighted by molar-refractivity contribution is 6.30. The van der Waals surface area contributed by atoms with Gasteiger partial charge in [0.1, 0.15) is 23.8 Å². The monoisotopic (exact) mass is 777 g/mol. The fourth-order valence-electron chi connectivity index (χ4n) is 8.83. The second-order valence-corrected chi connectivity index (χ2v) is 17.4. The Hall–Kier alpha value is -2.86. The molecule has 6 heteroatoms. The van der Waals surface area contributed by atoms with E-state index in [-0.39, 0.29) is 45.3 Å². The van der Waals surface area contributed by atoms with E-state index in [0.717, 1.165) is 23.1 Å². The van der Waals surface area contributed by atoms with Crippen molar-refractivity contribution in [3.8, 4) is 17.2 Å². The van der Waals surface area contributed by atoms with Crippen LogP contribution >= 0.6 is 0 Å². The molecule has 2 aromatic rings. The van der Waals surface area contributed by atoms with Gasteiger partial charge < -0.3 is 19.1 Å². The van der Waals surface area contributed by atoms with Crippen molar-refractivity contribution in [1.29, 1.82) is 0 Å². The van der Waals surface area contributed by atoms with Gasteiger partial charge in [-0.3, -0.25) is 9.59 Å². The summed E-state index contributed by atoms with van der Waals surface area (Å²) in [5.41, 5.74) is 1.69. The van der Waals surface area contributed by atoms with Crippen molar-refractivity contribution >= 4 is 11.6 Å². The van der Waals surface area contributed by atoms with Gasteiger partial charge in [0.25, 0.3) is 0 Å². The molecule has 0 spiro atoms. The van der Waals surface area contributed by atoms with Crippen LogP contribution in [0.1, 0.15) is 231 Å². The van der Waals surface area contributed by atoms with Gasteiger partial charge in [-0.15, -0.1) is 0 Å². The highest BCUT2D eigenvalue weighted by Gasteiger charge is 2.36. The number of hydrogen-bond donors (Lipinski definition) is 1. The van der Waals surface area contributed by atoms with Crippen LogP contribution in [-0.4, -0.2) is 55.5 Å². The number of ketones is 2. The van der Waals surface area contributed by atoms with Gasteiger partial charge in [0.15, 0.2) is 5.78 Å². The van der Waals surface area contributed by atoms with Crippen LogP contribution in [-0.2, 0) is 6.54 Å². The molecule has 0 saturated carbocycles. The lowest BCUT2D eigenvalue weighted by atomic mass is 9.82. The molecule has 0 amide bonds. The lowest BCUT2D eigenvalue weighted by Crippen LogP contribution is -2.44. The summed E-state index contributed by atoms with van der Waals surface area (Å²) in [7, 11) is 5.35. The number of carbonyl (C=O) groups is 2. The quantitative estimate of drug-likeness (QED) is 0.0483. The van der Waals surface area contributed by atoms with E-state index in [1.54, 1.807) is 18.2 Å². The van der Waals surface area contributed by atoms with Crippen LogP contribution in [0.15, 0.2) is 24.3 Å². The van der Waals surface area contributed by atoms with Crippen molar-refractivity contribution in [2.75, 3.05) is 34.4 Å². The number of methoxy groups -OCH3 is 2. The van der Waals surface area contributed by atoms with Gasteiger partial charge in [0, 0.05) is 22.8 Å². The highest BCUT2D eigenvalue weighted by Crippen LogP contribution is 2.40. The van der Waals surface area contributed by atoms with Crippen molar-refractivity contribution in [1.82, 2.24) is 0 Å². The molecule has 0 heterocycles. The number of aromatic hydroxyl groups is 1. The van der Waals surface area contributed by atoms with E-state index in [0.29, 0.717) is 12.3 Å². The lowest BCUT2D eigenvalue weighted by Gasteiger charge is -2.35. The zero-order valence-corrected chi connectivity index (χ0v) is 36.8. The third kappa shape index (κ3) is 16.5. The van der Waals surface area contributed by atoms with Gasteiger partial charge in [-0.1, -0.05) is 168 Å². The number of ether oxygens (including phenoxy) is 2. The number of nitrogens with zero attached hydrogens (tertiary/aromatic N) is 1. The van der Waals surface area contributed by atoms with Crippen LogP contribution in [0.5, 0.6) is 17.2 Å². The Labute approximate surface area is 343 Å². The summed E-state index contributed by atoms with van der Waals surface area (Å²) < 4.78 is 11.8. The molecule has 0 unspecified atom stereocenters. The summed E-state index contributed by atoms with van der Waals surface area (Å²) in [6.07, 6.45) is 37.8. The van der Waals surface area contributed by atoms with E-state index in [4.69, 9.17) is 9.47 Å². The molecule has 316 valence electrons. The minimum atomic E-state index is -0.389. The molecule has 1 aliphatic carbocycles. The first-order valence-electron chi connectivity index (χ1n) is 23.3. The normalized spacial score (nSPS) is 12.6. The van der Waals surface area contributed by atoms with Gasteiger partial charge in [-0.25, -0.2) is 0 Å². The van der Waals surface area contributed by atoms with E-state index in [1.807, 2.05) is 6.07 Å². The molecule has 0 saturated heterocycles. The number of unbranched alkanes of at least 4 members (excludes halogenated alkanes) is 26. The van der Waals surface area contributed by atoms with Crippen LogP contribution < -0.4 is 9.47 Å². The summed E-state index contributed by atoms with van der Waals surface area (Å²) in [5, 5.41) is 11.3. The van der Waals surface area contributed by atoms with Gasteiger partial charge in [0.05, 0.1) is 45.5 Å². The number of phenols is 1. The molecular weight excluding hydrogens is 695 g/mol. The summed E-state index contributed by atoms with van der Waals surface area (Å²) in [4.78, 5) is 27.7. The Morgan fingerprint density at radius 2 is 0.875 bits per heavy atom. The molecule has 1 aliphatic rings. The van der Waals surface area contributed by atoms with Crippen LogP contribution in [0.4, 0.5) is 0 Å². The number of phenolic OH excluding ortho intramolecular Hbond substituents is 1. The minimum absolute atomic E-state index is 0.0721. The molecule has 0 aromatic heterocycles. The Kier molecular flexibility index (Phi) is 23.5. The lowest BCUT2D eigenvalue weighted by molar-refractivity contribution is -0.923. The molecule has 0 radical (unpaired) electrons. The first kappa shape index (κ1) is 47.5. The van der Waals surface area contributed by atoms with Gasteiger partial charge in [0.2, 0.25) is 5.78 Å². The number of carbonyl (C=O) groups excluding carboxylic acids is 2. The molecule has 3 rings (SSSR count). The van der Waals surface area contributed by atoms with E-state index in [1.165, 1.54) is 194 Å². The van der Waals surface area contributed by atoms with Gasteiger partial charge in [-0.2, -0.15) is 0 Å². The molecule has 0 atom stereocenters. The number of rotatable bonds is 34. The summed E-state index contributed by atoms with van der Waals surface area (Å²) >= 11 is 0. The molecule has 6 nitrogen and oxygen atoms in total. The summed E-state index contributed by atoms with van der Waals surface area (Å²) in [6, 6.07) is 6.79. The predicted octanol–water partition coefficient (Wildman–Crippen LogP) is 14.1. The number of hydrogen-bond acceptors (Lipinski definition) is 5. The molecule has 0 fully saturated rings. The van der Waals surface area contributed by atoms with Gasteiger partial charge >= 0.3 is 0 Å². The number of benzene rings is 2. The highest BCUT2D eigenvalue weighted by atomic mass is 16.5. The third-order valence-electron chi connectivity index (χ3n) is 12.3. The average molecular weight is 777 g/mol. The number of fused-ring (bicyclic) bond motifs is 2. The Bertz CT molecular complexity index is 1380. The Morgan fingerprint density at radius 1 is 0.482 bits per heavy atom. The first-order valence-corrected chi connectivity index (χ1v) is 23.3. The first-order chi connectivity index (χ1) is 27.3. The maximum atomic E-state index is 13.9. The van der Waals surface area contributed by atoms with Crippen molar-refractivity contribution in [3.05, 3.63) is 52.1 Å². The van der Waals surface area contributed by atoms with Crippen LogP contribution in [0, 0.1) is 0 Å². The topological polar surface area (TPSA) is 72.8 Å².